The van der Waals surface area contributed by atoms with Crippen LogP contribution in [-0.2, 0) is 11.3 Å². The first kappa shape index (κ1) is 16.4. The first-order chi connectivity index (χ1) is 11.0. The van der Waals surface area contributed by atoms with E-state index in [1.807, 2.05) is 18.2 Å². The lowest BCUT2D eigenvalue weighted by molar-refractivity contribution is -0.967. The van der Waals surface area contributed by atoms with Gasteiger partial charge in [-0.1, -0.05) is 44.2 Å². The molecule has 2 heterocycles. The van der Waals surface area contributed by atoms with Crippen molar-refractivity contribution in [1.29, 1.82) is 0 Å². The van der Waals surface area contributed by atoms with Crippen molar-refractivity contribution in [3.63, 3.8) is 0 Å². The summed E-state index contributed by atoms with van der Waals surface area (Å²) >= 11 is 0. The number of nitrogens with zero attached hydrogens (tertiary/aromatic N) is 1. The summed E-state index contributed by atoms with van der Waals surface area (Å²) in [6.45, 7) is 7.49. The van der Waals surface area contributed by atoms with E-state index in [4.69, 9.17) is 10.5 Å². The molecule has 1 aromatic rings. The van der Waals surface area contributed by atoms with Crippen molar-refractivity contribution in [3.05, 3.63) is 35.9 Å². The maximum Gasteiger partial charge on any atom is 0.523 e. The maximum absolute atomic E-state index is 12.2. The minimum atomic E-state index is -0.0698. The van der Waals surface area contributed by atoms with Gasteiger partial charge in [0.25, 0.3) is 6.23 Å². The molecule has 23 heavy (non-hydrogen) atoms. The molecular formula is C18H28N3O2+. The molecule has 3 unspecified atom stereocenters. The van der Waals surface area contributed by atoms with Crippen LogP contribution in [0.25, 0.3) is 0 Å². The molecule has 0 aliphatic carbocycles. The fourth-order valence-electron chi connectivity index (χ4n) is 3.46. The Balaban J connectivity index is 1.61. The molecule has 5 heteroatoms. The molecule has 2 fully saturated rings. The molecular weight excluding hydrogens is 290 g/mol. The van der Waals surface area contributed by atoms with Gasteiger partial charge in [0.15, 0.2) is 0 Å². The van der Waals surface area contributed by atoms with E-state index in [0.29, 0.717) is 17.1 Å². The Morgan fingerprint density at radius 1 is 1.35 bits per heavy atom. The molecule has 3 atom stereocenters. The molecule has 3 rings (SSSR count). The number of carbonyl (C=O) groups excluding carboxylic acids is 1. The van der Waals surface area contributed by atoms with Crippen molar-refractivity contribution in [3.8, 4) is 0 Å². The lowest BCUT2D eigenvalue weighted by atomic mass is 9.91. The van der Waals surface area contributed by atoms with Crippen molar-refractivity contribution < 1.29 is 14.0 Å². The number of hydrogen-bond acceptors (Lipinski definition) is 4. The van der Waals surface area contributed by atoms with Gasteiger partial charge in [0.1, 0.15) is 6.54 Å². The highest BCUT2D eigenvalue weighted by Crippen LogP contribution is 2.38. The van der Waals surface area contributed by atoms with Crippen LogP contribution < -0.4 is 11.1 Å². The average molecular weight is 318 g/mol. The van der Waals surface area contributed by atoms with Crippen LogP contribution in [0.1, 0.15) is 32.3 Å². The van der Waals surface area contributed by atoms with Crippen LogP contribution in [0.15, 0.2) is 30.3 Å². The fourth-order valence-corrected chi connectivity index (χ4v) is 3.46. The van der Waals surface area contributed by atoms with Crippen LogP contribution >= 0.6 is 0 Å². The van der Waals surface area contributed by atoms with Crippen LogP contribution in [-0.4, -0.2) is 42.5 Å². The molecule has 2 aliphatic heterocycles. The lowest BCUT2D eigenvalue weighted by Gasteiger charge is -2.51. The second kappa shape index (κ2) is 6.23. The molecule has 1 amide bonds. The summed E-state index contributed by atoms with van der Waals surface area (Å²) in [4.78, 5) is 12.2. The van der Waals surface area contributed by atoms with Crippen LogP contribution in [0.3, 0.4) is 0 Å². The molecule has 2 saturated heterocycles. The number of ether oxygens (including phenoxy) is 1. The number of quaternary nitrogens is 1. The monoisotopic (exact) mass is 318 g/mol. The maximum atomic E-state index is 12.2. The van der Waals surface area contributed by atoms with Crippen molar-refractivity contribution in [2.45, 2.75) is 45.5 Å². The van der Waals surface area contributed by atoms with Gasteiger partial charge in [-0.05, 0) is 12.0 Å². The Morgan fingerprint density at radius 3 is 2.70 bits per heavy atom. The van der Waals surface area contributed by atoms with E-state index in [1.165, 1.54) is 5.56 Å². The second-order valence-corrected chi connectivity index (χ2v) is 7.71. The van der Waals surface area contributed by atoms with Crippen LogP contribution in [0.4, 0.5) is 4.79 Å². The molecule has 0 spiro atoms. The first-order valence-corrected chi connectivity index (χ1v) is 8.50. The van der Waals surface area contributed by atoms with E-state index >= 15 is 0 Å². The summed E-state index contributed by atoms with van der Waals surface area (Å²) in [5.74, 6) is 0. The quantitative estimate of drug-likeness (QED) is 0.790. The van der Waals surface area contributed by atoms with E-state index in [0.717, 1.165) is 32.5 Å². The number of hydrogen-bond donors (Lipinski definition) is 2. The van der Waals surface area contributed by atoms with E-state index < -0.39 is 0 Å². The fraction of sp³-hybridized carbons (Fsp3) is 0.611. The number of nitrogens with one attached hydrogen (secondary N) is 1. The SMILES string of the molecule is CC(C)(CN)CNC1CC[N+]2(Cc3ccccc3)C(=O)OC2C1. The van der Waals surface area contributed by atoms with Crippen molar-refractivity contribution in [1.82, 2.24) is 5.32 Å². The second-order valence-electron chi connectivity index (χ2n) is 7.71. The van der Waals surface area contributed by atoms with Gasteiger partial charge in [-0.25, -0.2) is 0 Å². The first-order valence-electron chi connectivity index (χ1n) is 8.50. The molecule has 0 radical (unpaired) electrons. The normalized spacial score (nSPS) is 30.3. The summed E-state index contributed by atoms with van der Waals surface area (Å²) in [7, 11) is 0. The molecule has 2 aliphatic rings. The number of carbonyl (C=O) groups is 1. The average Bonchev–Trinajstić information content (AvgIpc) is 2.55. The summed E-state index contributed by atoms with van der Waals surface area (Å²) in [5.41, 5.74) is 7.09. The Labute approximate surface area is 138 Å². The van der Waals surface area contributed by atoms with Gasteiger partial charge >= 0.3 is 6.09 Å². The molecule has 0 bridgehead atoms. The highest BCUT2D eigenvalue weighted by molar-refractivity contribution is 5.64. The smallest absolute Gasteiger partial charge is 0.366 e. The third-order valence-electron chi connectivity index (χ3n) is 5.24. The van der Waals surface area contributed by atoms with E-state index in [9.17, 15) is 4.79 Å². The minimum absolute atomic E-state index is 0.00468. The van der Waals surface area contributed by atoms with Crippen molar-refractivity contribution >= 4 is 6.09 Å². The largest absolute Gasteiger partial charge is 0.523 e. The lowest BCUT2D eigenvalue weighted by Crippen LogP contribution is -2.73. The number of amides is 1. The van der Waals surface area contributed by atoms with E-state index in [2.05, 4.69) is 31.3 Å². The number of fused-ring (bicyclic) bond motifs is 1. The van der Waals surface area contributed by atoms with Crippen LogP contribution in [0.2, 0.25) is 0 Å². The number of benzene rings is 1. The zero-order valence-corrected chi connectivity index (χ0v) is 14.1. The topological polar surface area (TPSA) is 64.3 Å². The Morgan fingerprint density at radius 2 is 2.09 bits per heavy atom. The summed E-state index contributed by atoms with van der Waals surface area (Å²) in [6, 6.07) is 10.6. The van der Waals surface area contributed by atoms with Gasteiger partial charge in [-0.3, -0.25) is 0 Å². The molecule has 0 aromatic heterocycles. The predicted octanol–water partition coefficient (Wildman–Crippen LogP) is 2.22. The molecule has 126 valence electrons. The van der Waals surface area contributed by atoms with Crippen molar-refractivity contribution in [2.24, 2.45) is 11.1 Å². The van der Waals surface area contributed by atoms with Gasteiger partial charge < -0.3 is 15.8 Å². The van der Waals surface area contributed by atoms with Gasteiger partial charge in [-0.2, -0.15) is 9.28 Å². The summed E-state index contributed by atoms with van der Waals surface area (Å²) in [5, 5.41) is 3.61. The number of piperidine rings is 1. The highest BCUT2D eigenvalue weighted by Gasteiger charge is 2.61. The van der Waals surface area contributed by atoms with E-state index in [-0.39, 0.29) is 17.7 Å². The third-order valence-corrected chi connectivity index (χ3v) is 5.24. The number of nitrogens with two attached hydrogens (primary N) is 1. The predicted molar refractivity (Wildman–Crippen MR) is 89.4 cm³/mol. The Kier molecular flexibility index (Phi) is 4.45. The molecule has 0 saturated carbocycles. The Hall–Kier alpha value is -1.43. The molecule has 5 nitrogen and oxygen atoms in total. The van der Waals surface area contributed by atoms with E-state index in [1.54, 1.807) is 0 Å². The van der Waals surface area contributed by atoms with Gasteiger partial charge in [-0.15, -0.1) is 0 Å². The highest BCUT2D eigenvalue weighted by atomic mass is 16.6. The van der Waals surface area contributed by atoms with Crippen molar-refractivity contribution in [2.75, 3.05) is 19.6 Å². The van der Waals surface area contributed by atoms with Crippen LogP contribution in [0, 0.1) is 5.41 Å². The minimum Gasteiger partial charge on any atom is -0.366 e. The molecule has 1 aromatic carbocycles. The van der Waals surface area contributed by atoms with Crippen LogP contribution in [0.5, 0.6) is 0 Å². The third kappa shape index (κ3) is 3.27. The summed E-state index contributed by atoms with van der Waals surface area (Å²) in [6.07, 6.45) is 1.81. The number of rotatable bonds is 6. The standard InChI is InChI=1S/C18H28N3O2/c1-18(2,12-19)13-20-15-8-9-21(16(10-15)23-17(21)22)11-14-6-4-3-5-7-14/h3-7,15-16,20H,8-13,19H2,1-2H3/q+1. The van der Waals surface area contributed by atoms with Gasteiger partial charge in [0, 0.05) is 24.6 Å². The van der Waals surface area contributed by atoms with Gasteiger partial charge in [0.2, 0.25) is 0 Å². The Bertz CT molecular complexity index is 561. The molecule has 3 N–H and O–H groups in total. The van der Waals surface area contributed by atoms with Gasteiger partial charge in [0.05, 0.1) is 13.0 Å². The zero-order valence-electron chi connectivity index (χ0n) is 14.1. The summed E-state index contributed by atoms with van der Waals surface area (Å²) < 4.78 is 5.94. The zero-order chi connectivity index (χ0) is 16.5.